The monoisotopic (exact) mass is 368 g/mol. The van der Waals surface area contributed by atoms with Crippen LogP contribution in [0.15, 0.2) is 59.8 Å². The summed E-state index contributed by atoms with van der Waals surface area (Å²) in [6.45, 7) is 2.10. The van der Waals surface area contributed by atoms with Crippen molar-refractivity contribution in [1.82, 2.24) is 15.2 Å². The lowest BCUT2D eigenvalue weighted by Crippen LogP contribution is -2.43. The molecule has 1 unspecified atom stereocenters. The summed E-state index contributed by atoms with van der Waals surface area (Å²) in [7, 11) is 0. The number of nitrogens with zero attached hydrogens (tertiary/aromatic N) is 2. The lowest BCUT2D eigenvalue weighted by Gasteiger charge is -2.24. The highest BCUT2D eigenvalue weighted by Crippen LogP contribution is 2.29. The number of benzene rings is 2. The van der Waals surface area contributed by atoms with Gasteiger partial charge in [-0.3, -0.25) is 9.89 Å². The Morgan fingerprint density at radius 3 is 2.50 bits per heavy atom. The normalized spacial score (nSPS) is 13.3. The number of carbonyl (C=O) groups is 1. The molecule has 4 N–H and O–H groups in total. The third-order valence-corrected chi connectivity index (χ3v) is 5.17. The van der Waals surface area contributed by atoms with Gasteiger partial charge in [0, 0.05) is 11.3 Å². The molecule has 3 rings (SSSR count). The summed E-state index contributed by atoms with van der Waals surface area (Å²) in [6.07, 6.45) is 0.975. The van der Waals surface area contributed by atoms with E-state index in [1.54, 1.807) is 24.3 Å². The molecule has 1 aromatic heterocycles. The molecule has 2 aromatic carbocycles. The number of aliphatic hydroxyl groups is 1. The number of carbonyl (C=O) groups excluding carboxylic acids is 1. The lowest BCUT2D eigenvalue weighted by atomic mass is 9.95. The van der Waals surface area contributed by atoms with Gasteiger partial charge in [-0.25, -0.2) is 4.98 Å². The van der Waals surface area contributed by atoms with Crippen LogP contribution in [0.1, 0.15) is 18.1 Å². The fourth-order valence-corrected chi connectivity index (χ4v) is 3.43. The van der Waals surface area contributed by atoms with Crippen molar-refractivity contribution in [3.05, 3.63) is 65.7 Å². The van der Waals surface area contributed by atoms with E-state index in [0.29, 0.717) is 16.5 Å². The zero-order valence-corrected chi connectivity index (χ0v) is 15.2. The maximum Gasteiger partial charge on any atom is 0.254 e. The number of amides is 1. The van der Waals surface area contributed by atoms with Gasteiger partial charge in [0.25, 0.3) is 5.91 Å². The van der Waals surface area contributed by atoms with Crippen molar-refractivity contribution in [2.45, 2.75) is 24.1 Å². The number of nitrogens with two attached hydrogens (primary N) is 1. The summed E-state index contributed by atoms with van der Waals surface area (Å²) in [4.78, 5) is 16.3. The molecule has 0 bridgehead atoms. The van der Waals surface area contributed by atoms with E-state index < -0.39 is 11.5 Å². The van der Waals surface area contributed by atoms with E-state index in [1.807, 2.05) is 30.3 Å². The second-order valence-corrected chi connectivity index (χ2v) is 6.84. The smallest absolute Gasteiger partial charge is 0.254 e. The Kier molecular flexibility index (Phi) is 5.39. The molecule has 0 aliphatic carbocycles. The van der Waals surface area contributed by atoms with Gasteiger partial charge in [-0.05, 0) is 17.5 Å². The molecule has 134 valence electrons. The second-order valence-electron chi connectivity index (χ2n) is 5.90. The van der Waals surface area contributed by atoms with Gasteiger partial charge in [0.2, 0.25) is 5.16 Å². The summed E-state index contributed by atoms with van der Waals surface area (Å²) in [5, 5.41) is 18.2. The molecule has 0 fully saturated rings. The molecule has 0 saturated heterocycles. The van der Waals surface area contributed by atoms with Gasteiger partial charge in [0.1, 0.15) is 0 Å². The number of rotatable bonds is 7. The molecule has 3 aromatic rings. The predicted molar refractivity (Wildman–Crippen MR) is 101 cm³/mol. The topological polar surface area (TPSA) is 105 Å². The minimum absolute atomic E-state index is 0.0262. The zero-order chi connectivity index (χ0) is 18.6. The molecule has 0 saturated carbocycles. The van der Waals surface area contributed by atoms with Crippen molar-refractivity contribution >= 4 is 17.7 Å². The first-order valence-electron chi connectivity index (χ1n) is 8.25. The third kappa shape index (κ3) is 3.79. The minimum atomic E-state index is -1.78. The SMILES string of the molecule is CCc1ccc(-c2nc(SCC(O)(C(N)=O)c3ccccc3)n[nH]2)cc1. The van der Waals surface area contributed by atoms with Gasteiger partial charge in [0.05, 0.1) is 0 Å². The third-order valence-electron chi connectivity index (χ3n) is 4.17. The van der Waals surface area contributed by atoms with Gasteiger partial charge in [-0.1, -0.05) is 73.3 Å². The Hall–Kier alpha value is -2.64. The highest BCUT2D eigenvalue weighted by atomic mass is 32.2. The molecule has 1 heterocycles. The van der Waals surface area contributed by atoms with Crippen LogP contribution in [0, 0.1) is 0 Å². The summed E-state index contributed by atoms with van der Waals surface area (Å²) in [5.41, 5.74) is 6.28. The molecular formula is C19H20N4O2S. The lowest BCUT2D eigenvalue weighted by molar-refractivity contribution is -0.134. The number of hydrogen-bond acceptors (Lipinski definition) is 5. The number of nitrogens with one attached hydrogen (secondary N) is 1. The van der Waals surface area contributed by atoms with Crippen molar-refractivity contribution in [2.75, 3.05) is 5.75 Å². The van der Waals surface area contributed by atoms with Gasteiger partial charge in [-0.2, -0.15) is 0 Å². The highest BCUT2D eigenvalue weighted by molar-refractivity contribution is 7.99. The molecule has 1 amide bonds. The largest absolute Gasteiger partial charge is 0.375 e. The first-order chi connectivity index (χ1) is 12.5. The zero-order valence-electron chi connectivity index (χ0n) is 14.3. The quantitative estimate of drug-likeness (QED) is 0.556. The van der Waals surface area contributed by atoms with Crippen LogP contribution in [0.2, 0.25) is 0 Å². The van der Waals surface area contributed by atoms with Crippen molar-refractivity contribution in [1.29, 1.82) is 0 Å². The number of aromatic amines is 1. The average molecular weight is 368 g/mol. The van der Waals surface area contributed by atoms with Crippen LogP contribution in [0.4, 0.5) is 0 Å². The van der Waals surface area contributed by atoms with Gasteiger partial charge < -0.3 is 10.8 Å². The summed E-state index contributed by atoms with van der Waals surface area (Å²) in [6, 6.07) is 16.7. The molecule has 0 aliphatic heterocycles. The Bertz CT molecular complexity index is 880. The van der Waals surface area contributed by atoms with E-state index >= 15 is 0 Å². The van der Waals surface area contributed by atoms with Gasteiger partial charge >= 0.3 is 0 Å². The van der Waals surface area contributed by atoms with Crippen LogP contribution in [-0.2, 0) is 16.8 Å². The first-order valence-corrected chi connectivity index (χ1v) is 9.24. The Morgan fingerprint density at radius 1 is 1.19 bits per heavy atom. The maximum absolute atomic E-state index is 11.8. The number of thioether (sulfide) groups is 1. The average Bonchev–Trinajstić information content (AvgIpc) is 3.16. The molecule has 7 heteroatoms. The van der Waals surface area contributed by atoms with Crippen molar-refractivity contribution < 1.29 is 9.90 Å². The van der Waals surface area contributed by atoms with Crippen LogP contribution in [0.3, 0.4) is 0 Å². The summed E-state index contributed by atoms with van der Waals surface area (Å²) in [5.74, 6) is -0.141. The summed E-state index contributed by atoms with van der Waals surface area (Å²) >= 11 is 1.17. The molecule has 6 nitrogen and oxygen atoms in total. The molecular weight excluding hydrogens is 348 g/mol. The van der Waals surface area contributed by atoms with E-state index in [0.717, 1.165) is 12.0 Å². The van der Waals surface area contributed by atoms with Crippen molar-refractivity contribution in [3.63, 3.8) is 0 Å². The van der Waals surface area contributed by atoms with Gasteiger partial charge in [0.15, 0.2) is 11.4 Å². The number of primary amides is 1. The summed E-state index contributed by atoms with van der Waals surface area (Å²) < 4.78 is 0. The van der Waals surface area contributed by atoms with E-state index in [-0.39, 0.29) is 5.75 Å². The Morgan fingerprint density at radius 2 is 1.88 bits per heavy atom. The molecule has 0 aliphatic rings. The molecule has 0 spiro atoms. The van der Waals surface area contributed by atoms with Gasteiger partial charge in [-0.15, -0.1) is 5.10 Å². The van der Waals surface area contributed by atoms with Crippen molar-refractivity contribution in [3.8, 4) is 11.4 Å². The van der Waals surface area contributed by atoms with E-state index in [9.17, 15) is 9.90 Å². The van der Waals surface area contributed by atoms with Crippen LogP contribution in [-0.4, -0.2) is 31.9 Å². The van der Waals surface area contributed by atoms with Crippen molar-refractivity contribution in [2.24, 2.45) is 5.73 Å². The fraction of sp³-hybridized carbons (Fsp3) is 0.211. The van der Waals surface area contributed by atoms with Crippen LogP contribution in [0.5, 0.6) is 0 Å². The Labute approximate surface area is 155 Å². The number of aryl methyl sites for hydroxylation is 1. The number of hydrogen-bond donors (Lipinski definition) is 3. The van der Waals surface area contributed by atoms with E-state index in [4.69, 9.17) is 5.73 Å². The second kappa shape index (κ2) is 7.72. The van der Waals surface area contributed by atoms with Crippen LogP contribution >= 0.6 is 11.8 Å². The number of H-pyrrole nitrogens is 1. The van der Waals surface area contributed by atoms with E-state index in [2.05, 4.69) is 22.1 Å². The fourth-order valence-electron chi connectivity index (χ4n) is 2.52. The van der Waals surface area contributed by atoms with Crippen LogP contribution < -0.4 is 5.73 Å². The predicted octanol–water partition coefficient (Wildman–Crippen LogP) is 2.50. The minimum Gasteiger partial charge on any atom is -0.375 e. The standard InChI is InChI=1S/C19H20N4O2S/c1-2-13-8-10-14(11-9-13)16-21-18(23-22-16)26-12-19(25,17(20)24)15-6-4-3-5-7-15/h3-11,25H,2,12H2,1H3,(H2,20,24)(H,21,22,23). The Balaban J connectivity index is 1.75. The molecule has 0 radical (unpaired) electrons. The van der Waals surface area contributed by atoms with Crippen LogP contribution in [0.25, 0.3) is 11.4 Å². The molecule has 1 atom stereocenters. The number of aromatic nitrogens is 3. The first kappa shape index (κ1) is 18.2. The molecule has 26 heavy (non-hydrogen) atoms. The highest BCUT2D eigenvalue weighted by Gasteiger charge is 2.36. The maximum atomic E-state index is 11.8. The van der Waals surface area contributed by atoms with E-state index in [1.165, 1.54) is 17.3 Å².